The molecular weight excluding hydrogens is 450 g/mol. The predicted octanol–water partition coefficient (Wildman–Crippen LogP) is 5.55. The third-order valence-corrected chi connectivity index (χ3v) is 6.59. The van der Waals surface area contributed by atoms with Gasteiger partial charge < -0.3 is 4.74 Å². The number of tetrazole rings is 1. The van der Waals surface area contributed by atoms with Crippen molar-refractivity contribution in [3.63, 3.8) is 0 Å². The minimum atomic E-state index is -0.663. The highest BCUT2D eigenvalue weighted by Crippen LogP contribution is 2.38. The number of carbonyl (C=O) groups is 1. The van der Waals surface area contributed by atoms with Crippen LogP contribution in [0.2, 0.25) is 0 Å². The average molecular weight is 474 g/mol. The summed E-state index contributed by atoms with van der Waals surface area (Å²) >= 11 is 0. The van der Waals surface area contributed by atoms with E-state index in [1.54, 1.807) is 4.68 Å². The van der Waals surface area contributed by atoms with Crippen LogP contribution in [0.3, 0.4) is 0 Å². The van der Waals surface area contributed by atoms with Gasteiger partial charge in [-0.05, 0) is 56.4 Å². The Morgan fingerprint density at radius 1 is 0.889 bits per heavy atom. The Morgan fingerprint density at radius 2 is 1.64 bits per heavy atom. The quantitative estimate of drug-likeness (QED) is 0.313. The summed E-state index contributed by atoms with van der Waals surface area (Å²) in [4.78, 5) is 18.1. The van der Waals surface area contributed by atoms with Crippen LogP contribution in [0.4, 0.5) is 5.95 Å². The maximum atomic E-state index is 13.6. The first-order chi connectivity index (χ1) is 17.7. The van der Waals surface area contributed by atoms with Crippen molar-refractivity contribution in [1.82, 2.24) is 20.2 Å². The second-order valence-corrected chi connectivity index (χ2v) is 8.84. The molecule has 7 nitrogen and oxygen atoms in total. The van der Waals surface area contributed by atoms with Crippen molar-refractivity contribution in [3.8, 4) is 11.1 Å². The number of nitrogens with zero attached hydrogens (tertiary/aromatic N) is 5. The Kier molecular flexibility index (Phi) is 5.58. The number of hydrogen-bond acceptors (Lipinski definition) is 6. The predicted molar refractivity (Wildman–Crippen MR) is 138 cm³/mol. The van der Waals surface area contributed by atoms with Gasteiger partial charge in [0, 0.05) is 5.71 Å². The molecule has 0 fully saturated rings. The lowest BCUT2D eigenvalue weighted by Gasteiger charge is -2.30. The van der Waals surface area contributed by atoms with Gasteiger partial charge in [-0.1, -0.05) is 96.1 Å². The maximum absolute atomic E-state index is 13.6. The number of aliphatic imine (C=N–C) groups is 1. The third-order valence-electron chi connectivity index (χ3n) is 6.59. The summed E-state index contributed by atoms with van der Waals surface area (Å²) in [5.74, 6) is -0.644. The molecule has 5 aromatic rings. The van der Waals surface area contributed by atoms with E-state index >= 15 is 0 Å². The standard InChI is InChI=1S/C29H23N5O2/c1-19-26(28(35)36-18-20-9-7-14-23(17-20)21-10-3-2-4-11-21)27(34-29(30-19)31-32-33-34)25-16-8-13-22-12-5-6-15-24(22)25/h2-17,26-27H,18H2,1H3. The molecule has 176 valence electrons. The van der Waals surface area contributed by atoms with Crippen LogP contribution in [0.15, 0.2) is 102 Å². The molecule has 2 heterocycles. The number of aromatic nitrogens is 4. The van der Waals surface area contributed by atoms with E-state index in [0.29, 0.717) is 11.7 Å². The molecule has 6 rings (SSSR count). The van der Waals surface area contributed by atoms with Gasteiger partial charge in [0.25, 0.3) is 5.95 Å². The van der Waals surface area contributed by atoms with E-state index in [1.807, 2.05) is 79.7 Å². The molecule has 0 saturated carbocycles. The summed E-state index contributed by atoms with van der Waals surface area (Å²) in [5.41, 5.74) is 4.68. The minimum Gasteiger partial charge on any atom is -0.460 e. The zero-order chi connectivity index (χ0) is 24.5. The largest absolute Gasteiger partial charge is 0.460 e. The Labute approximate surface area is 208 Å². The lowest BCUT2D eigenvalue weighted by Crippen LogP contribution is -2.37. The summed E-state index contributed by atoms with van der Waals surface area (Å²) in [5, 5.41) is 14.2. The molecule has 0 bridgehead atoms. The highest BCUT2D eigenvalue weighted by Gasteiger charge is 2.40. The zero-order valence-corrected chi connectivity index (χ0v) is 19.7. The van der Waals surface area contributed by atoms with Gasteiger partial charge in [-0.3, -0.25) is 4.79 Å². The van der Waals surface area contributed by atoms with Gasteiger partial charge in [-0.2, -0.15) is 0 Å². The van der Waals surface area contributed by atoms with Gasteiger partial charge in [0.05, 0.1) is 0 Å². The summed E-state index contributed by atoms with van der Waals surface area (Å²) in [7, 11) is 0. The van der Waals surface area contributed by atoms with E-state index in [1.165, 1.54) is 0 Å². The topological polar surface area (TPSA) is 82.3 Å². The molecule has 36 heavy (non-hydrogen) atoms. The summed E-state index contributed by atoms with van der Waals surface area (Å²) in [6.07, 6.45) is 0. The number of carbonyl (C=O) groups excluding carboxylic acids is 1. The van der Waals surface area contributed by atoms with Crippen LogP contribution in [-0.4, -0.2) is 31.9 Å². The molecule has 0 N–H and O–H groups in total. The van der Waals surface area contributed by atoms with Gasteiger partial charge in [-0.25, -0.2) is 9.67 Å². The second kappa shape index (κ2) is 9.19. The number of ether oxygens (including phenoxy) is 1. The molecular formula is C29H23N5O2. The molecule has 2 unspecified atom stereocenters. The monoisotopic (exact) mass is 473 g/mol. The van der Waals surface area contributed by atoms with Crippen LogP contribution < -0.4 is 0 Å². The molecule has 0 aliphatic carbocycles. The molecule has 0 saturated heterocycles. The van der Waals surface area contributed by atoms with E-state index in [4.69, 9.17) is 4.74 Å². The highest BCUT2D eigenvalue weighted by atomic mass is 16.5. The summed E-state index contributed by atoms with van der Waals surface area (Å²) < 4.78 is 7.50. The van der Waals surface area contributed by atoms with Crippen molar-refractivity contribution in [3.05, 3.63) is 108 Å². The molecule has 1 aliphatic heterocycles. The second-order valence-electron chi connectivity index (χ2n) is 8.84. The Balaban J connectivity index is 1.32. The molecule has 0 amide bonds. The minimum absolute atomic E-state index is 0.161. The van der Waals surface area contributed by atoms with Crippen LogP contribution in [0.25, 0.3) is 21.9 Å². The Bertz CT molecular complexity index is 1590. The molecule has 7 heteroatoms. The van der Waals surface area contributed by atoms with Gasteiger partial charge in [-0.15, -0.1) is 0 Å². The van der Waals surface area contributed by atoms with Crippen LogP contribution >= 0.6 is 0 Å². The molecule has 2 atom stereocenters. The molecule has 1 aromatic heterocycles. The Morgan fingerprint density at radius 3 is 2.53 bits per heavy atom. The Hall–Kier alpha value is -4.65. The van der Waals surface area contributed by atoms with Crippen molar-refractivity contribution < 1.29 is 9.53 Å². The molecule has 1 aliphatic rings. The highest BCUT2D eigenvalue weighted by molar-refractivity contribution is 6.04. The number of rotatable bonds is 5. The van der Waals surface area contributed by atoms with Crippen LogP contribution in [-0.2, 0) is 16.1 Å². The lowest BCUT2D eigenvalue weighted by atomic mass is 9.86. The zero-order valence-electron chi connectivity index (χ0n) is 19.7. The third kappa shape index (κ3) is 3.94. The van der Waals surface area contributed by atoms with E-state index < -0.39 is 12.0 Å². The number of benzene rings is 4. The van der Waals surface area contributed by atoms with E-state index in [0.717, 1.165) is 33.0 Å². The first-order valence-electron chi connectivity index (χ1n) is 11.8. The number of esters is 1. The number of fused-ring (bicyclic) bond motifs is 2. The van der Waals surface area contributed by atoms with Crippen molar-refractivity contribution in [2.24, 2.45) is 10.9 Å². The van der Waals surface area contributed by atoms with Gasteiger partial charge in [0.15, 0.2) is 0 Å². The van der Waals surface area contributed by atoms with Crippen LogP contribution in [0.5, 0.6) is 0 Å². The van der Waals surface area contributed by atoms with Gasteiger partial charge >= 0.3 is 5.97 Å². The smallest absolute Gasteiger partial charge is 0.317 e. The first kappa shape index (κ1) is 21.9. The van der Waals surface area contributed by atoms with Crippen molar-refractivity contribution in [2.75, 3.05) is 0 Å². The fraction of sp³-hybridized carbons (Fsp3) is 0.138. The fourth-order valence-electron chi connectivity index (χ4n) is 4.87. The first-order valence-corrected chi connectivity index (χ1v) is 11.8. The fourth-order valence-corrected chi connectivity index (χ4v) is 4.87. The lowest BCUT2D eigenvalue weighted by molar-refractivity contribution is -0.148. The van der Waals surface area contributed by atoms with Crippen LogP contribution in [0, 0.1) is 5.92 Å². The van der Waals surface area contributed by atoms with Crippen molar-refractivity contribution in [1.29, 1.82) is 0 Å². The SMILES string of the molecule is CC1=Nc2nnnn2C(c2cccc3ccccc23)C1C(=O)OCc1cccc(-c2ccccc2)c1. The van der Waals surface area contributed by atoms with Crippen molar-refractivity contribution in [2.45, 2.75) is 19.6 Å². The number of hydrogen-bond donors (Lipinski definition) is 0. The van der Waals surface area contributed by atoms with E-state index in [-0.39, 0.29) is 12.6 Å². The van der Waals surface area contributed by atoms with E-state index in [2.05, 4.69) is 44.8 Å². The molecule has 4 aromatic carbocycles. The van der Waals surface area contributed by atoms with Crippen molar-refractivity contribution >= 4 is 28.4 Å². The van der Waals surface area contributed by atoms with Gasteiger partial charge in [0.2, 0.25) is 0 Å². The van der Waals surface area contributed by atoms with Crippen LogP contribution in [0.1, 0.15) is 24.1 Å². The molecule has 0 spiro atoms. The van der Waals surface area contributed by atoms with E-state index in [9.17, 15) is 4.79 Å². The summed E-state index contributed by atoms with van der Waals surface area (Å²) in [6, 6.07) is 31.8. The molecule has 0 radical (unpaired) electrons. The summed E-state index contributed by atoms with van der Waals surface area (Å²) in [6.45, 7) is 1.99. The van der Waals surface area contributed by atoms with Gasteiger partial charge in [0.1, 0.15) is 18.6 Å². The normalized spacial score (nSPS) is 16.9. The maximum Gasteiger partial charge on any atom is 0.317 e. The average Bonchev–Trinajstić information content (AvgIpc) is 3.39.